The summed E-state index contributed by atoms with van der Waals surface area (Å²) in [7, 11) is -1.81. The number of hydrogen-bond acceptors (Lipinski definition) is 4. The molecular weight excluding hydrogens is 507 g/mol. The molecule has 4 rings (SSSR count). The molecule has 0 bridgehead atoms. The van der Waals surface area contributed by atoms with Crippen molar-refractivity contribution in [2.45, 2.75) is 35.2 Å². The van der Waals surface area contributed by atoms with E-state index in [4.69, 9.17) is 0 Å². The predicted octanol–water partition coefficient (Wildman–Crippen LogP) is 3.77. The highest BCUT2D eigenvalue weighted by atomic mass is 32.2. The Labute approximate surface area is 213 Å². The summed E-state index contributed by atoms with van der Waals surface area (Å²) in [5.74, 6) is -0.684. The van der Waals surface area contributed by atoms with Crippen LogP contribution < -0.4 is 10.9 Å². The first-order chi connectivity index (χ1) is 17.6. The zero-order valence-electron chi connectivity index (χ0n) is 19.7. The highest BCUT2D eigenvalue weighted by molar-refractivity contribution is 7.85. The first-order valence-electron chi connectivity index (χ1n) is 11.6. The summed E-state index contributed by atoms with van der Waals surface area (Å²) < 4.78 is 54.0. The second-order valence-electron chi connectivity index (χ2n) is 8.49. The van der Waals surface area contributed by atoms with Crippen LogP contribution in [0.2, 0.25) is 0 Å². The molecule has 0 radical (unpaired) electrons. The van der Waals surface area contributed by atoms with Crippen molar-refractivity contribution in [2.24, 2.45) is 0 Å². The lowest BCUT2D eigenvalue weighted by Gasteiger charge is -2.16. The van der Waals surface area contributed by atoms with Crippen molar-refractivity contribution in [1.82, 2.24) is 14.8 Å². The van der Waals surface area contributed by atoms with Crippen molar-refractivity contribution in [3.63, 3.8) is 0 Å². The van der Waals surface area contributed by atoms with Gasteiger partial charge < -0.3 is 10.2 Å². The highest BCUT2D eigenvalue weighted by Gasteiger charge is 2.31. The number of carbonyl (C=O) groups excluding carboxylic acids is 2. The molecule has 0 spiro atoms. The van der Waals surface area contributed by atoms with E-state index in [1.807, 2.05) is 0 Å². The predicted molar refractivity (Wildman–Crippen MR) is 131 cm³/mol. The number of likely N-dealkylation sites (tertiary alicyclic amines) is 1. The van der Waals surface area contributed by atoms with E-state index in [2.05, 4.69) is 5.32 Å². The molecule has 2 aromatic carbocycles. The molecule has 0 saturated carbocycles. The first-order valence-corrected chi connectivity index (χ1v) is 12.8. The summed E-state index contributed by atoms with van der Waals surface area (Å²) in [5.41, 5.74) is -2.28. The third kappa shape index (κ3) is 6.16. The van der Waals surface area contributed by atoms with Gasteiger partial charge in [-0.3, -0.25) is 19.0 Å². The van der Waals surface area contributed by atoms with Crippen molar-refractivity contribution in [3.8, 4) is 5.69 Å². The molecule has 1 atom stereocenters. The van der Waals surface area contributed by atoms with Crippen molar-refractivity contribution < 1.29 is 27.0 Å². The maximum Gasteiger partial charge on any atom is 0.416 e. The van der Waals surface area contributed by atoms with E-state index in [1.165, 1.54) is 18.3 Å². The van der Waals surface area contributed by atoms with Crippen LogP contribution in [0.5, 0.6) is 0 Å². The van der Waals surface area contributed by atoms with E-state index in [1.54, 1.807) is 35.2 Å². The van der Waals surface area contributed by atoms with Crippen molar-refractivity contribution in [2.75, 3.05) is 19.6 Å². The summed E-state index contributed by atoms with van der Waals surface area (Å²) in [5, 5.41) is 2.63. The number of hydrogen-bond donors (Lipinski definition) is 1. The highest BCUT2D eigenvalue weighted by Crippen LogP contribution is 2.30. The normalized spacial score (nSPS) is 14.6. The molecule has 1 aliphatic heterocycles. The maximum absolute atomic E-state index is 13.3. The van der Waals surface area contributed by atoms with Gasteiger partial charge in [-0.2, -0.15) is 13.2 Å². The minimum atomic E-state index is -4.64. The van der Waals surface area contributed by atoms with Crippen molar-refractivity contribution in [3.05, 3.63) is 88.3 Å². The van der Waals surface area contributed by atoms with Crippen LogP contribution in [0.25, 0.3) is 5.69 Å². The number of alkyl halides is 3. The smallest absolute Gasteiger partial charge is 0.352 e. The van der Waals surface area contributed by atoms with Gasteiger partial charge in [0.05, 0.1) is 21.3 Å². The number of amides is 2. The molecule has 11 heteroatoms. The minimum absolute atomic E-state index is 0.0615. The average Bonchev–Trinajstić information content (AvgIpc) is 3.30. The molecule has 0 aliphatic carbocycles. The first kappa shape index (κ1) is 26.3. The van der Waals surface area contributed by atoms with E-state index in [9.17, 15) is 31.8 Å². The van der Waals surface area contributed by atoms with Crippen LogP contribution in [-0.4, -0.2) is 45.1 Å². The van der Waals surface area contributed by atoms with Gasteiger partial charge in [-0.05, 0) is 49.2 Å². The Morgan fingerprint density at radius 2 is 1.76 bits per heavy atom. The number of nitrogens with zero attached hydrogens (tertiary/aromatic N) is 2. The summed E-state index contributed by atoms with van der Waals surface area (Å²) in [6.45, 7) is 1.31. The molecule has 3 aromatic rings. The summed E-state index contributed by atoms with van der Waals surface area (Å²) >= 11 is 0. The SMILES string of the molecule is O=C(NCCCN1CCCC1=O)c1cc(S(=O)c2ccccc2)cn(-c2cccc(C(F)(F)F)c2)c1=O. The van der Waals surface area contributed by atoms with E-state index >= 15 is 0 Å². The number of rotatable bonds is 8. The van der Waals surface area contributed by atoms with Gasteiger partial charge in [0, 0.05) is 42.8 Å². The van der Waals surface area contributed by atoms with Crippen LogP contribution in [0, 0.1) is 0 Å². The Morgan fingerprint density at radius 1 is 1.00 bits per heavy atom. The van der Waals surface area contributed by atoms with Crippen LogP contribution in [0.4, 0.5) is 13.2 Å². The lowest BCUT2D eigenvalue weighted by Crippen LogP contribution is -2.35. The van der Waals surface area contributed by atoms with Gasteiger partial charge in [-0.1, -0.05) is 24.3 Å². The molecule has 1 N–H and O–H groups in total. The third-order valence-corrected chi connectivity index (χ3v) is 7.27. The van der Waals surface area contributed by atoms with Gasteiger partial charge >= 0.3 is 6.18 Å². The molecule has 1 fully saturated rings. The largest absolute Gasteiger partial charge is 0.416 e. The zero-order chi connectivity index (χ0) is 26.6. The van der Waals surface area contributed by atoms with E-state index in [-0.39, 0.29) is 28.6 Å². The van der Waals surface area contributed by atoms with E-state index in [0.29, 0.717) is 30.8 Å². The number of aromatic nitrogens is 1. The van der Waals surface area contributed by atoms with Crippen LogP contribution >= 0.6 is 0 Å². The Kier molecular flexibility index (Phi) is 7.91. The van der Waals surface area contributed by atoms with Crippen LogP contribution in [0.3, 0.4) is 0 Å². The lowest BCUT2D eigenvalue weighted by molar-refractivity contribution is -0.137. The fourth-order valence-corrected chi connectivity index (χ4v) is 5.14. The molecule has 1 aromatic heterocycles. The Morgan fingerprint density at radius 3 is 2.43 bits per heavy atom. The monoisotopic (exact) mass is 531 g/mol. The minimum Gasteiger partial charge on any atom is -0.352 e. The molecule has 2 heterocycles. The molecular formula is C26H24F3N3O4S. The zero-order valence-corrected chi connectivity index (χ0v) is 20.5. The van der Waals surface area contributed by atoms with Gasteiger partial charge in [0.2, 0.25) is 5.91 Å². The maximum atomic E-state index is 13.3. The van der Waals surface area contributed by atoms with Crippen LogP contribution in [0.1, 0.15) is 35.2 Å². The van der Waals surface area contributed by atoms with Crippen molar-refractivity contribution >= 4 is 22.6 Å². The molecule has 37 heavy (non-hydrogen) atoms. The van der Waals surface area contributed by atoms with Crippen molar-refractivity contribution in [1.29, 1.82) is 0 Å². The summed E-state index contributed by atoms with van der Waals surface area (Å²) in [4.78, 5) is 40.1. The van der Waals surface area contributed by atoms with Gasteiger partial charge in [-0.25, -0.2) is 4.21 Å². The average molecular weight is 532 g/mol. The number of nitrogens with one attached hydrogen (secondary N) is 1. The molecule has 7 nitrogen and oxygen atoms in total. The standard InChI is InChI=1S/C26H24F3N3O4S/c27-26(28,29)18-7-4-8-19(15-18)32-17-21(37(36)20-9-2-1-3-10-20)16-22(25(32)35)24(34)30-12-6-14-31-13-5-11-23(31)33/h1-4,7-10,15-17H,5-6,11-14H2,(H,30,34). The van der Waals surface area contributed by atoms with Gasteiger partial charge in [-0.15, -0.1) is 0 Å². The quantitative estimate of drug-likeness (QED) is 0.449. The number of benzene rings is 2. The fourth-order valence-electron chi connectivity index (χ4n) is 4.03. The Hall–Kier alpha value is -3.73. The third-order valence-electron chi connectivity index (χ3n) is 5.92. The molecule has 1 saturated heterocycles. The van der Waals surface area contributed by atoms with E-state index < -0.39 is 34.0 Å². The number of carbonyl (C=O) groups is 2. The molecule has 2 amide bonds. The fraction of sp³-hybridized carbons (Fsp3) is 0.269. The number of halogens is 3. The Bertz CT molecular complexity index is 1390. The topological polar surface area (TPSA) is 88.5 Å². The second-order valence-corrected chi connectivity index (χ2v) is 9.97. The second kappa shape index (κ2) is 11.1. The summed E-state index contributed by atoms with van der Waals surface area (Å²) in [6, 6.07) is 13.6. The van der Waals surface area contributed by atoms with Gasteiger partial charge in [0.25, 0.3) is 11.5 Å². The lowest BCUT2D eigenvalue weighted by atomic mass is 10.2. The number of pyridine rings is 1. The van der Waals surface area contributed by atoms with Crippen LogP contribution in [0.15, 0.2) is 81.4 Å². The summed E-state index contributed by atoms with van der Waals surface area (Å²) in [6.07, 6.45) is -1.68. The molecule has 194 valence electrons. The molecule has 1 unspecified atom stereocenters. The Balaban J connectivity index is 1.66. The van der Waals surface area contributed by atoms with Crippen LogP contribution in [-0.2, 0) is 21.8 Å². The molecule has 1 aliphatic rings. The van der Waals surface area contributed by atoms with Gasteiger partial charge in [0.15, 0.2) is 0 Å². The van der Waals surface area contributed by atoms with Gasteiger partial charge in [0.1, 0.15) is 5.56 Å². The van der Waals surface area contributed by atoms with E-state index in [0.717, 1.165) is 29.2 Å².